The number of fused-ring (bicyclic) bond motifs is 6. The van der Waals surface area contributed by atoms with Gasteiger partial charge in [-0.1, -0.05) is 86.2 Å². The molecule has 6 aliphatic rings. The first-order chi connectivity index (χ1) is 67.5. The number of carbonyl (C=O) groups excluding carboxylic acids is 6. The number of carbonyl (C=O) groups is 6. The normalized spacial score (nSPS) is 20.7. The number of phosphoric ester groups is 2. The van der Waals surface area contributed by atoms with E-state index >= 15 is 0 Å². The maximum atomic E-state index is 14.3. The fourth-order valence-corrected chi connectivity index (χ4v) is 21.0. The van der Waals surface area contributed by atoms with Crippen molar-refractivity contribution in [2.45, 2.75) is 113 Å². The number of nitrogen functional groups attached to an aromatic ring is 2. The largest absolute Gasteiger partial charge is 0.756 e. The number of rotatable bonds is 34. The predicted octanol–water partition coefficient (Wildman–Crippen LogP) is 0.967. The van der Waals surface area contributed by atoms with Gasteiger partial charge in [-0.15, -0.1) is 0 Å². The summed E-state index contributed by atoms with van der Waals surface area (Å²) in [6.07, 6.45) is 0.629. The Labute approximate surface area is 826 Å². The summed E-state index contributed by atoms with van der Waals surface area (Å²) in [6, 6.07) is 28.0. The van der Waals surface area contributed by atoms with E-state index in [-0.39, 0.29) is 121 Å². The number of ether oxygens (including phenoxy) is 4. The highest BCUT2D eigenvalue weighted by Gasteiger charge is 2.54. The van der Waals surface area contributed by atoms with E-state index in [0.717, 1.165) is 89.6 Å². The molecule has 0 spiro atoms. The second kappa shape index (κ2) is 43.7. The van der Waals surface area contributed by atoms with E-state index in [2.05, 4.69) is 178 Å². The third kappa shape index (κ3) is 24.4. The first kappa shape index (κ1) is 109. The lowest BCUT2D eigenvalue weighted by atomic mass is 9.64. The lowest BCUT2D eigenvalue weighted by Gasteiger charge is -2.39. The molecule has 6 amide bonds. The third-order valence-corrected chi connectivity index (χ3v) is 29.2. The van der Waals surface area contributed by atoms with Crippen LogP contribution in [0.25, 0.3) is 33.5 Å². The molecule has 0 bridgehead atoms. The first-order valence-corrected chi connectivity index (χ1v) is 51.2. The highest BCUT2D eigenvalue weighted by Crippen LogP contribution is 2.56. The van der Waals surface area contributed by atoms with Gasteiger partial charge in [0.15, 0.2) is 42.4 Å². The van der Waals surface area contributed by atoms with Crippen molar-refractivity contribution in [3.05, 3.63) is 222 Å². The zero-order valence-corrected chi connectivity index (χ0v) is 85.3. The Morgan fingerprint density at radius 1 is 0.535 bits per heavy atom. The van der Waals surface area contributed by atoms with Gasteiger partial charge in [0.05, 0.1) is 27.3 Å². The van der Waals surface area contributed by atoms with E-state index in [1.54, 1.807) is 23.9 Å². The van der Waals surface area contributed by atoms with Crippen LogP contribution in [0.5, 0.6) is 0 Å². The smallest absolute Gasteiger partial charge is 0.407 e. The molecule has 0 saturated carbocycles. The minimum Gasteiger partial charge on any atom is -0.756 e. The van der Waals surface area contributed by atoms with E-state index in [0.29, 0.717) is 24.0 Å². The number of aryl methyl sites for hydroxylation is 2. The van der Waals surface area contributed by atoms with Crippen LogP contribution in [0.4, 0.5) is 32.9 Å². The monoisotopic (exact) mass is 2070 g/mol. The van der Waals surface area contributed by atoms with E-state index in [1.165, 1.54) is 45.0 Å². The number of imidazole rings is 2. The molecule has 8 aromatic rings. The average Bonchev–Trinajstić information content (AvgIpc) is 0.804. The van der Waals surface area contributed by atoms with Gasteiger partial charge >= 0.3 is 23.5 Å². The number of aromatic nitrogens is 8. The number of aromatic amines is 2. The molecule has 2 saturated heterocycles. The molecule has 52 heteroatoms. The Bertz CT molecular complexity index is 7010. The molecule has 0 radical (unpaired) electrons. The highest BCUT2D eigenvalue weighted by atomic mass is 31.3. The summed E-state index contributed by atoms with van der Waals surface area (Å²) >= 11 is 0. The summed E-state index contributed by atoms with van der Waals surface area (Å²) < 4.78 is 94.2. The Kier molecular flexibility index (Phi) is 33.0. The number of aliphatic hydroxyl groups is 2. The van der Waals surface area contributed by atoms with Crippen LogP contribution in [0.2, 0.25) is 0 Å². The number of hydrogen-bond acceptors (Lipinski definition) is 32. The molecule has 4 aromatic carbocycles. The summed E-state index contributed by atoms with van der Waals surface area (Å²) in [4.78, 5) is 190. The summed E-state index contributed by atoms with van der Waals surface area (Å²) in [5.41, 5.74) is 26.8. The quantitative estimate of drug-likeness (QED) is 0.0152. The molecule has 4 aromatic heterocycles. The SMILES string of the molecule is CN(CCCC(=O)NCCNC(=O)O[C@@H]1[C@H](O)[C@@H](COP(=O)([O-])OP(=O)([O-])O)O[C@H]1[n+]1cn(C)c2c(=O)[nH]c(N)nc21)C(=O)c1ccccc1C1=C2C=CC(=[N+](C)C)C=C2C(C)(C)c2cc(N(C)C)ccc21.CN(CCCC(=O)NCCNC(=O)O[C@H]1[C@@H](O)[C@H]([n+]2cn(C)c3c(=O)[nH]c(N)nc32)O[C@@H]1COP(=O)([O-])OP(=O)([O-])O)C(=O)c1ccccc1C1=C2C=CC(=[N+](C)C)C=C2C(C)(C)c2cc(N(C)C)ccc21. The van der Waals surface area contributed by atoms with Crippen LogP contribution >= 0.6 is 31.3 Å². The Hall–Kier alpha value is -12.7. The maximum Gasteiger partial charge on any atom is 0.407 e. The number of nitrogens with zero attached hydrogens (tertiary/aromatic N) is 12. The van der Waals surface area contributed by atoms with Crippen molar-refractivity contribution in [3.8, 4) is 0 Å². The summed E-state index contributed by atoms with van der Waals surface area (Å²) in [5, 5.41) is 32.8. The standard InChI is InChI=1S/2C46H58N10O14P2/c1-46(2)32-22-26(52(3)4)15-17-30(32)36(31-18-16-27(53(5)6)23-33(31)46)28-12-9-10-13-29(28)42(60)54(7)21-11-14-35(57)48-19-20-49-45(61)69-39-34(24-67-72(65,66)70-71(62,63)64)68-43(38(39)58)56-25-55(8)37-40(56)50-44(47)51-41(37)59;1-46(2)32-22-26(52(3)4)15-17-30(32)36(31-18-16-27(53(5)6)23-33(31)46)28-12-9-10-13-29(28)42(60)54(7)21-11-14-35(57)48-19-20-49-45(61)69-39-38(58)34(24-67-72(65,66)70-71(62,63)64)68-43(39)56-25-55(8)37-40(56)50-44(47)51-41(37)59/h2*9-10,12-13,15-18,22-23,25,34,38-39,43,58H,11,14,19-21,24H2,1-8H3,(H6-2,47,48,49,50,51,57,59,61,62,63,64,65,66)/t2*34-,38-,39-,43-/m11/s1. The van der Waals surface area contributed by atoms with E-state index in [9.17, 15) is 86.4 Å². The maximum absolute atomic E-state index is 14.3. The van der Waals surface area contributed by atoms with Gasteiger partial charge < -0.3 is 120 Å². The van der Waals surface area contributed by atoms with Crippen LogP contribution < -0.4 is 82.4 Å². The molecule has 2 fully saturated rings. The Morgan fingerprint density at radius 3 is 1.32 bits per heavy atom. The van der Waals surface area contributed by atoms with E-state index in [1.807, 2.05) is 105 Å². The first-order valence-electron chi connectivity index (χ1n) is 45.3. The van der Waals surface area contributed by atoms with Crippen LogP contribution in [-0.4, -0.2) is 275 Å². The Balaban J connectivity index is 0.000000241. The number of nitrogens with two attached hydrogens (primary N) is 2. The number of amides is 6. The topological polar surface area (TPSA) is 646 Å². The number of phosphoric acid groups is 4. The number of nitrogens with one attached hydrogen (secondary N) is 6. The number of H-pyrrole nitrogens is 2. The fraction of sp³-hybridized carbons (Fsp3) is 0.413. The van der Waals surface area contributed by atoms with Crippen molar-refractivity contribution in [1.82, 2.24) is 60.1 Å². The van der Waals surface area contributed by atoms with Gasteiger partial charge in [0.25, 0.3) is 66.1 Å². The number of hydrogen-bond donors (Lipinski definition) is 12. The molecule has 48 nitrogen and oxygen atoms in total. The van der Waals surface area contributed by atoms with Crippen LogP contribution in [0, 0.1) is 0 Å². The number of alkyl carbamates (subject to hydrolysis) is 2. The zero-order chi connectivity index (χ0) is 105. The van der Waals surface area contributed by atoms with Crippen molar-refractivity contribution < 1.29 is 142 Å². The van der Waals surface area contributed by atoms with Gasteiger partial charge in [-0.3, -0.25) is 66.1 Å². The molecule has 4 aliphatic carbocycles. The molecule has 144 heavy (non-hydrogen) atoms. The van der Waals surface area contributed by atoms with Crippen LogP contribution in [0.1, 0.15) is 120 Å². The zero-order valence-electron chi connectivity index (χ0n) is 81.7. The number of benzene rings is 4. The lowest BCUT2D eigenvalue weighted by molar-refractivity contribution is -0.746. The summed E-state index contributed by atoms with van der Waals surface area (Å²) in [6.45, 7) is 6.78. The lowest BCUT2D eigenvalue weighted by Crippen LogP contribution is -2.49. The van der Waals surface area contributed by atoms with Crippen LogP contribution in [0.3, 0.4) is 0 Å². The second-order valence-electron chi connectivity index (χ2n) is 36.8. The van der Waals surface area contributed by atoms with Crippen molar-refractivity contribution in [2.75, 3.05) is 144 Å². The minimum atomic E-state index is -5.82. The summed E-state index contributed by atoms with van der Waals surface area (Å²) in [5.74, 6) is -1.75. The van der Waals surface area contributed by atoms with Gasteiger partial charge in [0.2, 0.25) is 35.3 Å². The van der Waals surface area contributed by atoms with Crippen molar-refractivity contribution in [2.24, 2.45) is 14.1 Å². The molecular weight excluding hydrogens is 1960 g/mol. The molecule has 2 aliphatic heterocycles. The van der Waals surface area contributed by atoms with Gasteiger partial charge in [0.1, 0.15) is 46.5 Å². The average molecular weight is 2070 g/mol. The van der Waals surface area contributed by atoms with Gasteiger partial charge in [0, 0.05) is 152 Å². The number of aliphatic hydroxyl groups excluding tert-OH is 2. The second-order valence-corrected chi connectivity index (χ2v) is 42.2. The molecule has 12 atom stereocenters. The highest BCUT2D eigenvalue weighted by molar-refractivity contribution is 7.59. The fourth-order valence-electron chi connectivity index (χ4n) is 17.9. The number of anilines is 4. The molecule has 6 heterocycles. The number of allylic oxidation sites excluding steroid dienone is 10. The predicted molar refractivity (Wildman–Crippen MR) is 517 cm³/mol. The van der Waals surface area contributed by atoms with E-state index in [4.69, 9.17) is 40.2 Å². The van der Waals surface area contributed by atoms with Gasteiger partial charge in [-0.05, 0) is 128 Å². The Morgan fingerprint density at radius 2 is 0.917 bits per heavy atom. The van der Waals surface area contributed by atoms with Crippen molar-refractivity contribution in [1.29, 1.82) is 0 Å². The minimum absolute atomic E-state index is 0.000108. The summed E-state index contributed by atoms with van der Waals surface area (Å²) in [7, 11) is -0.648. The van der Waals surface area contributed by atoms with Crippen LogP contribution in [-0.2, 0) is 89.4 Å². The van der Waals surface area contributed by atoms with Gasteiger partial charge in [-0.25, -0.2) is 36.5 Å². The third-order valence-electron chi connectivity index (χ3n) is 25.1. The van der Waals surface area contributed by atoms with Crippen LogP contribution in [0.15, 0.2) is 166 Å². The van der Waals surface area contributed by atoms with Gasteiger partial charge in [-0.2, -0.15) is 0 Å². The molecule has 14 rings (SSSR count). The molecule has 14 N–H and O–H groups in total. The molecule has 772 valence electrons. The molecule has 4 unspecified atom stereocenters. The van der Waals surface area contributed by atoms with Crippen molar-refractivity contribution in [3.63, 3.8) is 0 Å². The van der Waals surface area contributed by atoms with Crippen molar-refractivity contribution >= 4 is 135 Å². The van der Waals surface area contributed by atoms with E-state index < -0.39 is 117 Å². The molecular formula is C92H116N20O28P4.